The van der Waals surface area contributed by atoms with Gasteiger partial charge < -0.3 is 9.52 Å². The van der Waals surface area contributed by atoms with Gasteiger partial charge in [-0.05, 0) is 31.0 Å². The minimum absolute atomic E-state index is 0.0851. The molecule has 0 radical (unpaired) electrons. The summed E-state index contributed by atoms with van der Waals surface area (Å²) >= 11 is 5.93. The number of halogens is 1. The lowest BCUT2D eigenvalue weighted by Gasteiger charge is -1.93. The highest BCUT2D eigenvalue weighted by atomic mass is 35.5. The molecule has 1 aliphatic rings. The molecular weight excluding hydrogens is 242 g/mol. The maximum absolute atomic E-state index is 10.8. The van der Waals surface area contributed by atoms with Crippen LogP contribution >= 0.6 is 11.6 Å². The van der Waals surface area contributed by atoms with Crippen molar-refractivity contribution in [2.75, 3.05) is 0 Å². The summed E-state index contributed by atoms with van der Waals surface area (Å²) in [6.45, 7) is 1.89. The number of oxazole rings is 1. The van der Waals surface area contributed by atoms with Crippen LogP contribution in [0.5, 0.6) is 0 Å². The summed E-state index contributed by atoms with van der Waals surface area (Å²) in [6, 6.07) is 3.54. The first-order valence-corrected chi connectivity index (χ1v) is 5.73. The van der Waals surface area contributed by atoms with Crippen LogP contribution in [0.15, 0.2) is 16.5 Å². The Hall–Kier alpha value is -1.55. The average Bonchev–Trinajstić information content (AvgIpc) is 2.93. The quantitative estimate of drug-likeness (QED) is 0.891. The van der Waals surface area contributed by atoms with Crippen molar-refractivity contribution in [3.63, 3.8) is 0 Å². The summed E-state index contributed by atoms with van der Waals surface area (Å²) in [5.74, 6) is -0.707. The predicted octanol–water partition coefficient (Wildman–Crippen LogP) is 2.98. The SMILES string of the molecule is Cc1cc(Cl)cc2nc(C3CC3C(=O)O)oc12. The second-order valence-electron chi connectivity index (χ2n) is 4.41. The van der Waals surface area contributed by atoms with Gasteiger partial charge in [-0.15, -0.1) is 0 Å². The molecule has 1 heterocycles. The Bertz CT molecular complexity index is 619. The molecular formula is C12H10ClNO3. The third-order valence-electron chi connectivity index (χ3n) is 3.08. The number of fused-ring (bicyclic) bond motifs is 1. The van der Waals surface area contributed by atoms with Crippen molar-refractivity contribution in [3.8, 4) is 0 Å². The molecule has 1 aromatic carbocycles. The van der Waals surface area contributed by atoms with E-state index in [1.807, 2.05) is 6.92 Å². The molecule has 17 heavy (non-hydrogen) atoms. The minimum atomic E-state index is -0.785. The molecule has 1 aromatic heterocycles. The Morgan fingerprint density at radius 1 is 1.59 bits per heavy atom. The largest absolute Gasteiger partial charge is 0.481 e. The molecule has 1 saturated carbocycles. The van der Waals surface area contributed by atoms with Crippen molar-refractivity contribution in [2.45, 2.75) is 19.3 Å². The molecule has 0 spiro atoms. The molecule has 2 aromatic rings. The zero-order valence-corrected chi connectivity index (χ0v) is 9.86. The zero-order chi connectivity index (χ0) is 12.2. The number of aromatic nitrogens is 1. The van der Waals surface area contributed by atoms with E-state index in [1.165, 1.54) is 0 Å². The fourth-order valence-corrected chi connectivity index (χ4v) is 2.34. The number of hydrogen-bond acceptors (Lipinski definition) is 3. The van der Waals surface area contributed by atoms with Gasteiger partial charge in [0.25, 0.3) is 0 Å². The van der Waals surface area contributed by atoms with E-state index >= 15 is 0 Å². The van der Waals surface area contributed by atoms with E-state index in [2.05, 4.69) is 4.98 Å². The van der Waals surface area contributed by atoms with E-state index in [9.17, 15) is 4.79 Å². The fraction of sp³-hybridized carbons (Fsp3) is 0.333. The van der Waals surface area contributed by atoms with Crippen molar-refractivity contribution in [3.05, 3.63) is 28.6 Å². The molecule has 1 N–H and O–H groups in total. The van der Waals surface area contributed by atoms with E-state index in [1.54, 1.807) is 12.1 Å². The molecule has 3 rings (SSSR count). The highest BCUT2D eigenvalue weighted by Crippen LogP contribution is 2.48. The summed E-state index contributed by atoms with van der Waals surface area (Å²) in [5, 5.41) is 9.48. The smallest absolute Gasteiger partial charge is 0.307 e. The van der Waals surface area contributed by atoms with Crippen molar-refractivity contribution >= 4 is 28.7 Å². The van der Waals surface area contributed by atoms with Gasteiger partial charge in [-0.1, -0.05) is 11.6 Å². The number of nitrogens with zero attached hydrogens (tertiary/aromatic N) is 1. The Labute approximate surface area is 102 Å². The van der Waals surface area contributed by atoms with Crippen LogP contribution in [0, 0.1) is 12.8 Å². The molecule has 88 valence electrons. The topological polar surface area (TPSA) is 63.3 Å². The van der Waals surface area contributed by atoms with Gasteiger partial charge in [0.05, 0.1) is 5.92 Å². The number of hydrogen-bond donors (Lipinski definition) is 1. The Kier molecular flexibility index (Phi) is 2.16. The first kappa shape index (κ1) is 10.6. The highest BCUT2D eigenvalue weighted by Gasteiger charge is 2.47. The molecule has 2 unspecified atom stereocenters. The molecule has 0 saturated heterocycles. The van der Waals surface area contributed by atoms with Gasteiger partial charge in [0, 0.05) is 10.9 Å². The van der Waals surface area contributed by atoms with E-state index < -0.39 is 5.97 Å². The second-order valence-corrected chi connectivity index (χ2v) is 4.85. The number of carboxylic acid groups (broad SMARTS) is 1. The summed E-state index contributed by atoms with van der Waals surface area (Å²) in [6.07, 6.45) is 0.606. The lowest BCUT2D eigenvalue weighted by molar-refractivity contribution is -0.138. The van der Waals surface area contributed by atoms with E-state index in [4.69, 9.17) is 21.1 Å². The van der Waals surface area contributed by atoms with Crippen molar-refractivity contribution in [1.82, 2.24) is 4.98 Å². The number of aryl methyl sites for hydroxylation is 1. The van der Waals surface area contributed by atoms with Crippen LogP contribution < -0.4 is 0 Å². The Balaban J connectivity index is 2.03. The van der Waals surface area contributed by atoms with Gasteiger partial charge in [0.1, 0.15) is 5.52 Å². The van der Waals surface area contributed by atoms with Crippen LogP contribution in [0.1, 0.15) is 23.8 Å². The van der Waals surface area contributed by atoms with Crippen molar-refractivity contribution in [2.24, 2.45) is 5.92 Å². The van der Waals surface area contributed by atoms with Crippen LogP contribution in [0.2, 0.25) is 5.02 Å². The van der Waals surface area contributed by atoms with Gasteiger partial charge >= 0.3 is 5.97 Å². The molecule has 1 aliphatic carbocycles. The van der Waals surface area contributed by atoms with Gasteiger partial charge in [0.2, 0.25) is 0 Å². The van der Waals surface area contributed by atoms with E-state index in [0.717, 1.165) is 5.56 Å². The first-order chi connectivity index (χ1) is 8.06. The summed E-state index contributed by atoms with van der Waals surface area (Å²) in [5.41, 5.74) is 2.31. The second kappa shape index (κ2) is 3.47. The van der Waals surface area contributed by atoms with Crippen molar-refractivity contribution in [1.29, 1.82) is 0 Å². The number of carboxylic acids is 1. The Morgan fingerprint density at radius 2 is 2.35 bits per heavy atom. The summed E-state index contributed by atoms with van der Waals surface area (Å²) in [4.78, 5) is 15.1. The standard InChI is InChI=1S/C12H10ClNO3/c1-5-2-6(13)3-9-10(5)17-11(14-9)7-4-8(7)12(15)16/h2-3,7-8H,4H2,1H3,(H,15,16). The van der Waals surface area contributed by atoms with E-state index in [-0.39, 0.29) is 11.8 Å². The van der Waals surface area contributed by atoms with Crippen molar-refractivity contribution < 1.29 is 14.3 Å². The van der Waals surface area contributed by atoms with Gasteiger partial charge in [-0.25, -0.2) is 4.98 Å². The minimum Gasteiger partial charge on any atom is -0.481 e. The van der Waals surface area contributed by atoms with Crippen LogP contribution in [0.25, 0.3) is 11.1 Å². The molecule has 0 bridgehead atoms. The van der Waals surface area contributed by atoms with E-state index in [0.29, 0.717) is 28.4 Å². The third-order valence-corrected chi connectivity index (χ3v) is 3.30. The normalized spacial score (nSPS) is 22.9. The zero-order valence-electron chi connectivity index (χ0n) is 9.11. The molecule has 1 fully saturated rings. The number of aliphatic carboxylic acids is 1. The molecule has 2 atom stereocenters. The lowest BCUT2D eigenvalue weighted by atomic mass is 10.2. The summed E-state index contributed by atoms with van der Waals surface area (Å²) < 4.78 is 5.63. The maximum Gasteiger partial charge on any atom is 0.307 e. The molecule has 4 nitrogen and oxygen atoms in total. The van der Waals surface area contributed by atoms with Gasteiger partial charge in [-0.2, -0.15) is 0 Å². The van der Waals surface area contributed by atoms with Crippen LogP contribution in [-0.4, -0.2) is 16.1 Å². The summed E-state index contributed by atoms with van der Waals surface area (Å²) in [7, 11) is 0. The average molecular weight is 252 g/mol. The van der Waals surface area contributed by atoms with Gasteiger partial charge in [0.15, 0.2) is 11.5 Å². The van der Waals surface area contributed by atoms with Crippen LogP contribution in [0.3, 0.4) is 0 Å². The molecule has 0 aliphatic heterocycles. The monoisotopic (exact) mass is 251 g/mol. The van der Waals surface area contributed by atoms with Gasteiger partial charge in [-0.3, -0.25) is 4.79 Å². The third kappa shape index (κ3) is 1.69. The lowest BCUT2D eigenvalue weighted by Crippen LogP contribution is -1.98. The number of carbonyl (C=O) groups is 1. The fourth-order valence-electron chi connectivity index (χ4n) is 2.07. The maximum atomic E-state index is 10.8. The number of benzene rings is 1. The van der Waals surface area contributed by atoms with Crippen LogP contribution in [-0.2, 0) is 4.79 Å². The Morgan fingerprint density at radius 3 is 3.00 bits per heavy atom. The number of rotatable bonds is 2. The predicted molar refractivity (Wildman–Crippen MR) is 62.2 cm³/mol. The molecule has 5 heteroatoms. The first-order valence-electron chi connectivity index (χ1n) is 5.35. The molecule has 0 amide bonds. The van der Waals surface area contributed by atoms with Crippen LogP contribution in [0.4, 0.5) is 0 Å². The highest BCUT2D eigenvalue weighted by molar-refractivity contribution is 6.31.